The Kier molecular flexibility index (Phi) is 12.5. The molecule has 0 heterocycles. The smallest absolute Gasteiger partial charge is 0.164 e. The maximum Gasteiger partial charge on any atom is 0.164 e. The molecular formula is C16H35ClN+. The lowest BCUT2D eigenvalue weighted by molar-refractivity contribution is -0.771. The lowest BCUT2D eigenvalue weighted by Gasteiger charge is -2.17. The van der Waals surface area contributed by atoms with Gasteiger partial charge in [-0.3, -0.25) is 0 Å². The predicted octanol–water partition coefficient (Wildman–Crippen LogP) is 5.92. The molecular weight excluding hydrogens is 242 g/mol. The van der Waals surface area contributed by atoms with Crippen LogP contribution < -0.4 is 0 Å². The quantitative estimate of drug-likeness (QED) is 0.289. The first kappa shape index (κ1) is 18.2. The monoisotopic (exact) mass is 276 g/mol. The van der Waals surface area contributed by atoms with E-state index in [0.717, 1.165) is 6.54 Å². The SMILES string of the molecule is CCCCCCCCCCCCCC[N+](C)(C)Cl. The maximum atomic E-state index is 6.10. The molecule has 110 valence electrons. The first-order chi connectivity index (χ1) is 8.56. The molecule has 0 aromatic rings. The topological polar surface area (TPSA) is 0 Å². The van der Waals surface area contributed by atoms with E-state index in [0.29, 0.717) is 4.00 Å². The minimum absolute atomic E-state index is 0.595. The van der Waals surface area contributed by atoms with Gasteiger partial charge in [0.05, 0.1) is 20.6 Å². The summed E-state index contributed by atoms with van der Waals surface area (Å²) in [6.07, 6.45) is 16.9. The highest BCUT2D eigenvalue weighted by molar-refractivity contribution is 6.06. The molecule has 2 heteroatoms. The van der Waals surface area contributed by atoms with Gasteiger partial charge in [0, 0.05) is 0 Å². The predicted molar refractivity (Wildman–Crippen MR) is 83.9 cm³/mol. The normalized spacial score (nSPS) is 12.0. The number of hydrogen-bond donors (Lipinski definition) is 0. The van der Waals surface area contributed by atoms with Gasteiger partial charge < -0.3 is 0 Å². The molecule has 0 aromatic carbocycles. The number of hydrogen-bond acceptors (Lipinski definition) is 0. The van der Waals surface area contributed by atoms with E-state index in [1.54, 1.807) is 0 Å². The molecule has 0 aliphatic heterocycles. The zero-order valence-corrected chi connectivity index (χ0v) is 13.8. The third kappa shape index (κ3) is 16.2. The molecule has 0 rings (SSSR count). The second-order valence-corrected chi connectivity index (χ2v) is 7.07. The van der Waals surface area contributed by atoms with Crippen LogP contribution in [0.3, 0.4) is 0 Å². The van der Waals surface area contributed by atoms with E-state index in [-0.39, 0.29) is 0 Å². The Balaban J connectivity index is 2.99. The lowest BCUT2D eigenvalue weighted by atomic mass is 10.1. The standard InChI is InChI=1S/C16H35ClN/c1-4-5-6-7-8-9-10-11-12-13-14-15-16-18(2,3)17/h4-16H2,1-3H3/q+1. The van der Waals surface area contributed by atoms with E-state index >= 15 is 0 Å². The first-order valence-electron chi connectivity index (χ1n) is 8.09. The molecule has 0 spiro atoms. The van der Waals surface area contributed by atoms with Crippen LogP contribution in [0.5, 0.6) is 0 Å². The molecule has 0 aromatic heterocycles. The Bertz CT molecular complexity index is 163. The van der Waals surface area contributed by atoms with Gasteiger partial charge in [0.15, 0.2) is 11.8 Å². The van der Waals surface area contributed by atoms with Crippen molar-refractivity contribution in [1.29, 1.82) is 0 Å². The van der Waals surface area contributed by atoms with Crippen molar-refractivity contribution >= 4 is 11.8 Å². The lowest BCUT2D eigenvalue weighted by Crippen LogP contribution is -2.28. The Morgan fingerprint density at radius 2 is 0.944 bits per heavy atom. The molecule has 0 aliphatic rings. The van der Waals surface area contributed by atoms with Crippen LogP contribution in [0.2, 0.25) is 0 Å². The summed E-state index contributed by atoms with van der Waals surface area (Å²) in [7, 11) is 4.11. The Morgan fingerprint density at radius 3 is 1.28 bits per heavy atom. The fraction of sp³-hybridized carbons (Fsp3) is 1.00. The van der Waals surface area contributed by atoms with Crippen molar-refractivity contribution in [3.05, 3.63) is 0 Å². The van der Waals surface area contributed by atoms with Gasteiger partial charge in [0.1, 0.15) is 0 Å². The number of rotatable bonds is 13. The summed E-state index contributed by atoms with van der Waals surface area (Å²) in [5.41, 5.74) is 0. The fourth-order valence-corrected chi connectivity index (χ4v) is 2.45. The Hall–Kier alpha value is 0.250. The summed E-state index contributed by atoms with van der Waals surface area (Å²) >= 11 is 6.10. The number of quaternary nitrogens is 1. The van der Waals surface area contributed by atoms with Crippen molar-refractivity contribution in [1.82, 2.24) is 0 Å². The Morgan fingerprint density at radius 1 is 0.611 bits per heavy atom. The zero-order valence-electron chi connectivity index (χ0n) is 13.0. The third-order valence-electron chi connectivity index (χ3n) is 3.54. The molecule has 0 N–H and O–H groups in total. The second-order valence-electron chi connectivity index (χ2n) is 6.15. The average molecular weight is 277 g/mol. The van der Waals surface area contributed by atoms with Gasteiger partial charge in [-0.2, -0.15) is 0 Å². The van der Waals surface area contributed by atoms with E-state index in [1.807, 2.05) is 0 Å². The van der Waals surface area contributed by atoms with Crippen LogP contribution in [0.25, 0.3) is 0 Å². The summed E-state index contributed by atoms with van der Waals surface area (Å²) in [6, 6.07) is 0. The third-order valence-corrected chi connectivity index (χ3v) is 3.71. The molecule has 0 radical (unpaired) electrons. The molecule has 1 nitrogen and oxygen atoms in total. The minimum Gasteiger partial charge on any atom is -0.227 e. The first-order valence-corrected chi connectivity index (χ1v) is 8.42. The van der Waals surface area contributed by atoms with E-state index < -0.39 is 0 Å². The zero-order chi connectivity index (χ0) is 13.7. The van der Waals surface area contributed by atoms with Crippen molar-refractivity contribution in [3.63, 3.8) is 0 Å². The molecule has 0 unspecified atom stereocenters. The molecule has 0 saturated heterocycles. The summed E-state index contributed by atoms with van der Waals surface area (Å²) in [5, 5.41) is 0. The largest absolute Gasteiger partial charge is 0.227 e. The number of unbranched alkanes of at least 4 members (excludes halogenated alkanes) is 11. The van der Waals surface area contributed by atoms with Gasteiger partial charge in [-0.05, 0) is 12.8 Å². The van der Waals surface area contributed by atoms with E-state index in [9.17, 15) is 0 Å². The van der Waals surface area contributed by atoms with Crippen molar-refractivity contribution in [2.75, 3.05) is 20.6 Å². The molecule has 18 heavy (non-hydrogen) atoms. The van der Waals surface area contributed by atoms with Crippen LogP contribution in [0, 0.1) is 0 Å². The average Bonchev–Trinajstić information content (AvgIpc) is 2.29. The van der Waals surface area contributed by atoms with Crippen LogP contribution in [0.1, 0.15) is 84.0 Å². The summed E-state index contributed by atoms with van der Waals surface area (Å²) in [6.45, 7) is 3.38. The van der Waals surface area contributed by atoms with Crippen LogP contribution in [0.15, 0.2) is 0 Å². The van der Waals surface area contributed by atoms with E-state index in [1.165, 1.54) is 77.0 Å². The van der Waals surface area contributed by atoms with Crippen LogP contribution in [0.4, 0.5) is 0 Å². The van der Waals surface area contributed by atoms with Crippen molar-refractivity contribution in [2.24, 2.45) is 0 Å². The van der Waals surface area contributed by atoms with Crippen molar-refractivity contribution in [2.45, 2.75) is 84.0 Å². The minimum atomic E-state index is 0.595. The van der Waals surface area contributed by atoms with Crippen LogP contribution >= 0.6 is 11.8 Å². The molecule has 0 saturated carbocycles. The van der Waals surface area contributed by atoms with Crippen molar-refractivity contribution < 1.29 is 4.00 Å². The second kappa shape index (κ2) is 12.3. The van der Waals surface area contributed by atoms with Gasteiger partial charge in [-0.25, -0.2) is 4.00 Å². The molecule has 0 amide bonds. The van der Waals surface area contributed by atoms with Gasteiger partial charge in [0.25, 0.3) is 0 Å². The fourth-order valence-electron chi connectivity index (χ4n) is 2.33. The summed E-state index contributed by atoms with van der Waals surface area (Å²) in [4.78, 5) is 0. The van der Waals surface area contributed by atoms with E-state index in [2.05, 4.69) is 21.0 Å². The van der Waals surface area contributed by atoms with Gasteiger partial charge in [-0.1, -0.05) is 71.1 Å². The van der Waals surface area contributed by atoms with Crippen LogP contribution in [-0.4, -0.2) is 24.6 Å². The number of nitrogens with zero attached hydrogens (tertiary/aromatic N) is 1. The van der Waals surface area contributed by atoms with Crippen LogP contribution in [-0.2, 0) is 0 Å². The summed E-state index contributed by atoms with van der Waals surface area (Å²) in [5.74, 6) is 0. The maximum absolute atomic E-state index is 6.10. The van der Waals surface area contributed by atoms with E-state index in [4.69, 9.17) is 11.8 Å². The highest BCUT2D eigenvalue weighted by atomic mass is 35.5. The molecule has 0 bridgehead atoms. The van der Waals surface area contributed by atoms with Gasteiger partial charge in [-0.15, -0.1) is 0 Å². The molecule has 0 fully saturated rings. The molecule has 0 atom stereocenters. The van der Waals surface area contributed by atoms with Gasteiger partial charge >= 0.3 is 0 Å². The highest BCUT2D eigenvalue weighted by Crippen LogP contribution is 2.13. The van der Waals surface area contributed by atoms with Gasteiger partial charge in [0.2, 0.25) is 0 Å². The number of halogens is 1. The highest BCUT2D eigenvalue weighted by Gasteiger charge is 2.09. The summed E-state index contributed by atoms with van der Waals surface area (Å²) < 4.78 is 0.595. The molecule has 0 aliphatic carbocycles. The van der Waals surface area contributed by atoms with Crippen molar-refractivity contribution in [3.8, 4) is 0 Å². The Labute approximate surface area is 121 Å².